The number of hydrogen-bond donors (Lipinski definition) is 1. The molecule has 0 radical (unpaired) electrons. The molecule has 12 heavy (non-hydrogen) atoms. The Morgan fingerprint density at radius 3 is 2.17 bits per heavy atom. The van der Waals surface area contributed by atoms with E-state index in [1.807, 2.05) is 0 Å². The van der Waals surface area contributed by atoms with Gasteiger partial charge in [-0.05, 0) is 38.5 Å². The molecule has 0 aliphatic heterocycles. The van der Waals surface area contributed by atoms with Gasteiger partial charge in [0.15, 0.2) is 5.78 Å². The van der Waals surface area contributed by atoms with Crippen molar-refractivity contribution in [3.8, 4) is 0 Å². The van der Waals surface area contributed by atoms with Gasteiger partial charge in [-0.25, -0.2) is 0 Å². The van der Waals surface area contributed by atoms with Gasteiger partial charge < -0.3 is 5.11 Å². The minimum absolute atomic E-state index is 0.145. The average Bonchev–Trinajstić information content (AvgIpc) is 2.33. The normalized spacial score (nSPS) is 28.4. The monoisotopic (exact) mass is 168 g/mol. The number of ketones is 1. The Hall–Kier alpha value is -0.370. The van der Waals surface area contributed by atoms with Crippen LogP contribution in [0.2, 0.25) is 0 Å². The van der Waals surface area contributed by atoms with E-state index in [1.165, 1.54) is 6.42 Å². The van der Waals surface area contributed by atoms with Crippen LogP contribution in [0.15, 0.2) is 0 Å². The van der Waals surface area contributed by atoms with E-state index in [2.05, 4.69) is 0 Å². The van der Waals surface area contributed by atoms with E-state index in [1.54, 1.807) is 0 Å². The summed E-state index contributed by atoms with van der Waals surface area (Å²) in [6.45, 7) is 0. The van der Waals surface area contributed by atoms with E-state index in [4.69, 9.17) is 0 Å². The standard InChI is InChI=1S/C10H16O2/c11-9(8-4-3-5-8)10(12)6-1-2-7-10/h8,12H,1-7H2. The van der Waals surface area contributed by atoms with Crippen LogP contribution >= 0.6 is 0 Å². The van der Waals surface area contributed by atoms with Crippen molar-refractivity contribution in [3.05, 3.63) is 0 Å². The Bertz CT molecular complexity index is 188. The van der Waals surface area contributed by atoms with Crippen molar-refractivity contribution >= 4 is 5.78 Å². The van der Waals surface area contributed by atoms with E-state index in [0.29, 0.717) is 12.8 Å². The largest absolute Gasteiger partial charge is 0.382 e. The first-order valence-electron chi connectivity index (χ1n) is 4.99. The van der Waals surface area contributed by atoms with Crippen molar-refractivity contribution in [1.82, 2.24) is 0 Å². The topological polar surface area (TPSA) is 37.3 Å². The lowest BCUT2D eigenvalue weighted by Gasteiger charge is -2.31. The quantitative estimate of drug-likeness (QED) is 0.681. The first kappa shape index (κ1) is 8.24. The van der Waals surface area contributed by atoms with Crippen LogP contribution in [0, 0.1) is 5.92 Å². The van der Waals surface area contributed by atoms with E-state index >= 15 is 0 Å². The third-order valence-corrected chi connectivity index (χ3v) is 3.37. The number of rotatable bonds is 2. The molecule has 0 spiro atoms. The molecule has 0 unspecified atom stereocenters. The summed E-state index contributed by atoms with van der Waals surface area (Å²) in [7, 11) is 0. The van der Waals surface area contributed by atoms with Gasteiger partial charge in [-0.15, -0.1) is 0 Å². The molecule has 0 heterocycles. The van der Waals surface area contributed by atoms with Gasteiger partial charge in [0, 0.05) is 5.92 Å². The van der Waals surface area contributed by atoms with Gasteiger partial charge in [0.05, 0.1) is 0 Å². The fraction of sp³-hybridized carbons (Fsp3) is 0.900. The summed E-state index contributed by atoms with van der Waals surface area (Å²) in [5.74, 6) is 0.347. The zero-order valence-electron chi connectivity index (χ0n) is 7.38. The summed E-state index contributed by atoms with van der Waals surface area (Å²) in [6.07, 6.45) is 6.67. The number of aliphatic hydroxyl groups is 1. The van der Waals surface area contributed by atoms with Crippen LogP contribution < -0.4 is 0 Å². The van der Waals surface area contributed by atoms with Gasteiger partial charge >= 0.3 is 0 Å². The van der Waals surface area contributed by atoms with Gasteiger partial charge in [0.1, 0.15) is 5.60 Å². The second-order valence-corrected chi connectivity index (χ2v) is 4.23. The van der Waals surface area contributed by atoms with Gasteiger partial charge in [0.25, 0.3) is 0 Å². The summed E-state index contributed by atoms with van der Waals surface area (Å²) in [5, 5.41) is 9.95. The van der Waals surface area contributed by atoms with Crippen LogP contribution in [0.4, 0.5) is 0 Å². The lowest BCUT2D eigenvalue weighted by molar-refractivity contribution is -0.143. The zero-order valence-corrected chi connectivity index (χ0v) is 7.38. The number of Topliss-reactive ketones (excluding diaryl/α,β-unsaturated/α-hetero) is 1. The fourth-order valence-corrected chi connectivity index (χ4v) is 2.26. The molecular weight excluding hydrogens is 152 g/mol. The molecule has 0 aromatic rings. The highest BCUT2D eigenvalue weighted by atomic mass is 16.3. The maximum Gasteiger partial charge on any atom is 0.167 e. The van der Waals surface area contributed by atoms with Crippen LogP contribution in [0.3, 0.4) is 0 Å². The lowest BCUT2D eigenvalue weighted by atomic mass is 9.75. The summed E-state index contributed by atoms with van der Waals surface area (Å²) >= 11 is 0. The minimum Gasteiger partial charge on any atom is -0.382 e. The van der Waals surface area contributed by atoms with E-state index in [-0.39, 0.29) is 11.7 Å². The van der Waals surface area contributed by atoms with Gasteiger partial charge in [0.2, 0.25) is 0 Å². The Morgan fingerprint density at radius 1 is 1.17 bits per heavy atom. The average molecular weight is 168 g/mol. The molecular formula is C10H16O2. The van der Waals surface area contributed by atoms with E-state index < -0.39 is 5.60 Å². The Morgan fingerprint density at radius 2 is 1.75 bits per heavy atom. The van der Waals surface area contributed by atoms with Crippen molar-refractivity contribution in [1.29, 1.82) is 0 Å². The van der Waals surface area contributed by atoms with Gasteiger partial charge in [-0.2, -0.15) is 0 Å². The predicted molar refractivity (Wildman–Crippen MR) is 45.8 cm³/mol. The molecule has 0 aromatic carbocycles. The van der Waals surface area contributed by atoms with Crippen LogP contribution in [0.25, 0.3) is 0 Å². The van der Waals surface area contributed by atoms with Crippen LogP contribution in [0.5, 0.6) is 0 Å². The molecule has 2 aliphatic rings. The van der Waals surface area contributed by atoms with Gasteiger partial charge in [-0.3, -0.25) is 4.79 Å². The van der Waals surface area contributed by atoms with E-state index in [9.17, 15) is 9.90 Å². The second-order valence-electron chi connectivity index (χ2n) is 4.23. The summed E-state index contributed by atoms with van der Waals surface area (Å²) in [4.78, 5) is 11.7. The Kier molecular flexibility index (Phi) is 1.95. The lowest BCUT2D eigenvalue weighted by Crippen LogP contribution is -2.42. The molecule has 2 heteroatoms. The zero-order chi connectivity index (χ0) is 8.60. The number of carbonyl (C=O) groups excluding carboxylic acids is 1. The summed E-state index contributed by atoms with van der Waals surface area (Å²) in [6, 6.07) is 0. The smallest absolute Gasteiger partial charge is 0.167 e. The van der Waals surface area contributed by atoms with Crippen LogP contribution in [-0.4, -0.2) is 16.5 Å². The first-order valence-corrected chi connectivity index (χ1v) is 4.99. The highest BCUT2D eigenvalue weighted by Gasteiger charge is 2.43. The molecule has 0 atom stereocenters. The summed E-state index contributed by atoms with van der Waals surface area (Å²) < 4.78 is 0. The number of hydrogen-bond acceptors (Lipinski definition) is 2. The fourth-order valence-electron chi connectivity index (χ4n) is 2.26. The van der Waals surface area contributed by atoms with Crippen molar-refractivity contribution in [3.63, 3.8) is 0 Å². The highest BCUT2D eigenvalue weighted by molar-refractivity contribution is 5.90. The molecule has 0 bridgehead atoms. The van der Waals surface area contributed by atoms with Crippen LogP contribution in [-0.2, 0) is 4.79 Å². The molecule has 0 aromatic heterocycles. The Balaban J connectivity index is 2.01. The SMILES string of the molecule is O=C(C1CCC1)C1(O)CCCC1. The molecule has 0 saturated heterocycles. The van der Waals surface area contributed by atoms with Gasteiger partial charge in [-0.1, -0.05) is 6.42 Å². The second kappa shape index (κ2) is 2.84. The molecule has 2 nitrogen and oxygen atoms in total. The molecule has 2 aliphatic carbocycles. The predicted octanol–water partition coefficient (Wildman–Crippen LogP) is 1.66. The molecule has 2 fully saturated rings. The van der Waals surface area contributed by atoms with Crippen molar-refractivity contribution in [2.24, 2.45) is 5.92 Å². The Labute approximate surface area is 73.0 Å². The molecule has 2 rings (SSSR count). The van der Waals surface area contributed by atoms with Crippen molar-refractivity contribution in [2.75, 3.05) is 0 Å². The third-order valence-electron chi connectivity index (χ3n) is 3.37. The van der Waals surface area contributed by atoms with Crippen molar-refractivity contribution < 1.29 is 9.90 Å². The maximum atomic E-state index is 11.7. The molecule has 2 saturated carbocycles. The van der Waals surface area contributed by atoms with E-state index in [0.717, 1.165) is 25.7 Å². The molecule has 1 N–H and O–H groups in total. The van der Waals surface area contributed by atoms with Crippen molar-refractivity contribution in [2.45, 2.75) is 50.5 Å². The number of carbonyl (C=O) groups is 1. The highest BCUT2D eigenvalue weighted by Crippen LogP contribution is 2.38. The third kappa shape index (κ3) is 1.18. The molecule has 0 amide bonds. The summed E-state index contributed by atoms with van der Waals surface area (Å²) in [5.41, 5.74) is -0.912. The minimum atomic E-state index is -0.912. The molecule has 68 valence electrons. The first-order chi connectivity index (χ1) is 5.72. The van der Waals surface area contributed by atoms with Crippen LogP contribution in [0.1, 0.15) is 44.9 Å². The maximum absolute atomic E-state index is 11.7.